The standard InChI is InChI=1S/C22H22ClN3O2/c1-15(2)26(21(27)13-12-17-6-4-5-7-19(17)23)14-20-24-22(25-28-20)18-10-8-16(3)9-11-18/h4-13,15H,14H2,1-3H3. The average Bonchev–Trinajstić information content (AvgIpc) is 3.14. The van der Waals surface area contributed by atoms with Gasteiger partial charge in [0, 0.05) is 22.7 Å². The van der Waals surface area contributed by atoms with Crippen molar-refractivity contribution in [2.75, 3.05) is 0 Å². The number of aromatic nitrogens is 2. The lowest BCUT2D eigenvalue weighted by atomic mass is 10.1. The maximum Gasteiger partial charge on any atom is 0.247 e. The average molecular weight is 396 g/mol. The molecule has 0 unspecified atom stereocenters. The summed E-state index contributed by atoms with van der Waals surface area (Å²) in [6.07, 6.45) is 3.23. The van der Waals surface area contributed by atoms with Gasteiger partial charge in [0.25, 0.3) is 0 Å². The van der Waals surface area contributed by atoms with E-state index in [2.05, 4.69) is 10.1 Å². The topological polar surface area (TPSA) is 59.2 Å². The second kappa shape index (κ2) is 8.85. The van der Waals surface area contributed by atoms with Gasteiger partial charge in [0.15, 0.2) is 0 Å². The van der Waals surface area contributed by atoms with Gasteiger partial charge < -0.3 is 9.42 Å². The van der Waals surface area contributed by atoms with E-state index in [-0.39, 0.29) is 18.5 Å². The Morgan fingerprint density at radius 2 is 1.89 bits per heavy atom. The molecule has 0 saturated carbocycles. The van der Waals surface area contributed by atoms with Crippen LogP contribution in [0, 0.1) is 6.92 Å². The Morgan fingerprint density at radius 3 is 2.57 bits per heavy atom. The van der Waals surface area contributed by atoms with Crippen molar-refractivity contribution in [1.29, 1.82) is 0 Å². The van der Waals surface area contributed by atoms with Crippen LogP contribution in [0.2, 0.25) is 5.02 Å². The van der Waals surface area contributed by atoms with Gasteiger partial charge in [-0.1, -0.05) is 64.8 Å². The van der Waals surface area contributed by atoms with Gasteiger partial charge in [-0.3, -0.25) is 4.79 Å². The van der Waals surface area contributed by atoms with Crippen molar-refractivity contribution in [3.63, 3.8) is 0 Å². The van der Waals surface area contributed by atoms with Crippen LogP contribution in [0.15, 0.2) is 59.1 Å². The molecule has 5 nitrogen and oxygen atoms in total. The first-order valence-electron chi connectivity index (χ1n) is 9.07. The Hall–Kier alpha value is -2.92. The number of amides is 1. The lowest BCUT2D eigenvalue weighted by Gasteiger charge is -2.23. The van der Waals surface area contributed by atoms with E-state index in [0.29, 0.717) is 16.7 Å². The van der Waals surface area contributed by atoms with E-state index >= 15 is 0 Å². The van der Waals surface area contributed by atoms with E-state index in [1.807, 2.05) is 63.2 Å². The molecule has 0 bridgehead atoms. The van der Waals surface area contributed by atoms with Crippen molar-refractivity contribution in [3.8, 4) is 11.4 Å². The van der Waals surface area contributed by atoms with Crippen LogP contribution in [0.5, 0.6) is 0 Å². The van der Waals surface area contributed by atoms with Crippen molar-refractivity contribution in [3.05, 3.63) is 76.6 Å². The van der Waals surface area contributed by atoms with Crippen molar-refractivity contribution in [2.24, 2.45) is 0 Å². The molecule has 1 heterocycles. The molecule has 1 amide bonds. The summed E-state index contributed by atoms with van der Waals surface area (Å²) in [6, 6.07) is 15.2. The van der Waals surface area contributed by atoms with Crippen molar-refractivity contribution in [2.45, 2.75) is 33.4 Å². The summed E-state index contributed by atoms with van der Waals surface area (Å²) >= 11 is 6.14. The van der Waals surface area contributed by atoms with E-state index in [0.717, 1.165) is 16.7 Å². The van der Waals surface area contributed by atoms with Crippen LogP contribution in [-0.4, -0.2) is 27.0 Å². The smallest absolute Gasteiger partial charge is 0.247 e. The number of rotatable bonds is 6. The van der Waals surface area contributed by atoms with Gasteiger partial charge in [0.1, 0.15) is 6.54 Å². The first-order valence-corrected chi connectivity index (χ1v) is 9.44. The maximum atomic E-state index is 12.7. The van der Waals surface area contributed by atoms with E-state index in [1.165, 1.54) is 6.08 Å². The molecule has 1 aromatic heterocycles. The Morgan fingerprint density at radius 1 is 1.18 bits per heavy atom. The molecule has 0 N–H and O–H groups in total. The third kappa shape index (κ3) is 4.87. The molecule has 0 saturated heterocycles. The second-order valence-corrected chi connectivity index (χ2v) is 7.20. The highest BCUT2D eigenvalue weighted by Crippen LogP contribution is 2.19. The van der Waals surface area contributed by atoms with Crippen LogP contribution < -0.4 is 0 Å². The molecule has 0 aliphatic carbocycles. The summed E-state index contributed by atoms with van der Waals surface area (Å²) in [7, 11) is 0. The summed E-state index contributed by atoms with van der Waals surface area (Å²) in [6.45, 7) is 6.15. The first-order chi connectivity index (χ1) is 13.4. The molecule has 2 aromatic carbocycles. The van der Waals surface area contributed by atoms with Crippen LogP contribution in [0.25, 0.3) is 17.5 Å². The summed E-state index contributed by atoms with van der Waals surface area (Å²) in [5, 5.41) is 4.63. The third-order valence-electron chi connectivity index (χ3n) is 4.30. The minimum absolute atomic E-state index is 0.0295. The zero-order valence-electron chi connectivity index (χ0n) is 16.1. The van der Waals surface area contributed by atoms with Gasteiger partial charge in [0.05, 0.1) is 0 Å². The fourth-order valence-electron chi connectivity index (χ4n) is 2.67. The fourth-order valence-corrected chi connectivity index (χ4v) is 2.87. The Balaban J connectivity index is 1.73. The highest BCUT2D eigenvalue weighted by atomic mass is 35.5. The third-order valence-corrected chi connectivity index (χ3v) is 4.64. The Kier molecular flexibility index (Phi) is 6.26. The number of halogens is 1. The monoisotopic (exact) mass is 395 g/mol. The highest BCUT2D eigenvalue weighted by molar-refractivity contribution is 6.32. The van der Waals surface area contributed by atoms with E-state index < -0.39 is 0 Å². The molecule has 0 atom stereocenters. The molecule has 0 spiro atoms. The molecule has 144 valence electrons. The minimum Gasteiger partial charge on any atom is -0.337 e. The lowest BCUT2D eigenvalue weighted by molar-refractivity contribution is -0.128. The number of aryl methyl sites for hydroxylation is 1. The predicted molar refractivity (Wildman–Crippen MR) is 111 cm³/mol. The zero-order valence-corrected chi connectivity index (χ0v) is 16.8. The predicted octanol–water partition coefficient (Wildman–Crippen LogP) is 5.15. The second-order valence-electron chi connectivity index (χ2n) is 6.79. The van der Waals surface area contributed by atoms with Crippen molar-refractivity contribution >= 4 is 23.6 Å². The number of carbonyl (C=O) groups excluding carboxylic acids is 1. The molecule has 3 rings (SSSR count). The fraction of sp³-hybridized carbons (Fsp3) is 0.227. The van der Waals surface area contributed by atoms with Crippen LogP contribution >= 0.6 is 11.6 Å². The molecule has 3 aromatic rings. The van der Waals surface area contributed by atoms with Gasteiger partial charge >= 0.3 is 0 Å². The summed E-state index contributed by atoms with van der Waals surface area (Å²) < 4.78 is 5.36. The quantitative estimate of drug-likeness (QED) is 0.541. The Bertz CT molecular complexity index is 977. The number of hydrogen-bond acceptors (Lipinski definition) is 4. The van der Waals surface area contributed by atoms with Crippen molar-refractivity contribution in [1.82, 2.24) is 15.0 Å². The van der Waals surface area contributed by atoms with Crippen LogP contribution in [0.4, 0.5) is 0 Å². The minimum atomic E-state index is -0.148. The summed E-state index contributed by atoms with van der Waals surface area (Å²) in [5.41, 5.74) is 2.83. The van der Waals surface area contributed by atoms with Crippen LogP contribution in [-0.2, 0) is 11.3 Å². The molecule has 0 aliphatic heterocycles. The SMILES string of the molecule is Cc1ccc(-c2noc(CN(C(=O)C=Cc3ccccc3Cl)C(C)C)n2)cc1. The normalized spacial score (nSPS) is 11.3. The molecular formula is C22H22ClN3O2. The number of benzene rings is 2. The van der Waals surface area contributed by atoms with Crippen molar-refractivity contribution < 1.29 is 9.32 Å². The molecule has 0 fully saturated rings. The highest BCUT2D eigenvalue weighted by Gasteiger charge is 2.19. The molecule has 6 heteroatoms. The summed E-state index contributed by atoms with van der Waals surface area (Å²) in [5.74, 6) is 0.756. The van der Waals surface area contributed by atoms with E-state index in [9.17, 15) is 4.79 Å². The van der Waals surface area contributed by atoms with E-state index in [4.69, 9.17) is 16.1 Å². The number of nitrogens with zero attached hydrogens (tertiary/aromatic N) is 3. The molecule has 0 aliphatic rings. The zero-order chi connectivity index (χ0) is 20.1. The van der Waals surface area contributed by atoms with E-state index in [1.54, 1.807) is 17.0 Å². The van der Waals surface area contributed by atoms with Gasteiger partial charge in [-0.25, -0.2) is 0 Å². The number of hydrogen-bond donors (Lipinski definition) is 0. The Labute approximate surface area is 169 Å². The van der Waals surface area contributed by atoms with Gasteiger partial charge in [-0.05, 0) is 38.5 Å². The lowest BCUT2D eigenvalue weighted by Crippen LogP contribution is -2.35. The van der Waals surface area contributed by atoms with Gasteiger partial charge in [0.2, 0.25) is 17.6 Å². The van der Waals surface area contributed by atoms with Crippen LogP contribution in [0.1, 0.15) is 30.9 Å². The van der Waals surface area contributed by atoms with Gasteiger partial charge in [-0.2, -0.15) is 4.98 Å². The summed E-state index contributed by atoms with van der Waals surface area (Å²) in [4.78, 5) is 18.8. The number of carbonyl (C=O) groups is 1. The first kappa shape index (κ1) is 19.8. The van der Waals surface area contributed by atoms with Gasteiger partial charge in [-0.15, -0.1) is 0 Å². The molecule has 28 heavy (non-hydrogen) atoms. The van der Waals surface area contributed by atoms with Crippen LogP contribution in [0.3, 0.4) is 0 Å². The molecule has 0 radical (unpaired) electrons. The maximum absolute atomic E-state index is 12.7. The largest absolute Gasteiger partial charge is 0.337 e. The molecular weight excluding hydrogens is 374 g/mol.